The summed E-state index contributed by atoms with van der Waals surface area (Å²) in [6, 6.07) is 13.8. The number of piperazine rings is 1. The highest BCUT2D eigenvalue weighted by atomic mass is 32.2. The number of carbonyl (C=O) groups excluding carboxylic acids is 1. The minimum absolute atomic E-state index is 0.0125. The van der Waals surface area contributed by atoms with E-state index in [4.69, 9.17) is 0 Å². The summed E-state index contributed by atoms with van der Waals surface area (Å²) in [5.41, 5.74) is 2.36. The van der Waals surface area contributed by atoms with Gasteiger partial charge in [0.1, 0.15) is 10.7 Å². The summed E-state index contributed by atoms with van der Waals surface area (Å²) in [5, 5.41) is 0. The van der Waals surface area contributed by atoms with Crippen LogP contribution < -0.4 is 4.90 Å². The molecule has 8 heteroatoms. The lowest BCUT2D eigenvalue weighted by Gasteiger charge is -2.39. The van der Waals surface area contributed by atoms with Crippen LogP contribution in [0.2, 0.25) is 0 Å². The normalized spacial score (nSPS) is 20.1. The molecule has 2 aliphatic rings. The van der Waals surface area contributed by atoms with Crippen molar-refractivity contribution in [1.29, 1.82) is 0 Å². The van der Waals surface area contributed by atoms with Gasteiger partial charge in [0, 0.05) is 37.9 Å². The highest BCUT2D eigenvalue weighted by Crippen LogP contribution is 2.30. The third-order valence-corrected chi connectivity index (χ3v) is 7.95. The fraction of sp³-hybridized carbons (Fsp3) is 0.409. The summed E-state index contributed by atoms with van der Waals surface area (Å²) in [6.07, 6.45) is 2.01. The maximum Gasteiger partial charge on any atom is 0.246 e. The van der Waals surface area contributed by atoms with Crippen molar-refractivity contribution in [3.05, 3.63) is 59.9 Å². The van der Waals surface area contributed by atoms with Crippen LogP contribution in [0.5, 0.6) is 0 Å². The van der Waals surface area contributed by atoms with Gasteiger partial charge in [-0.25, -0.2) is 12.8 Å². The summed E-state index contributed by atoms with van der Waals surface area (Å²) in [6.45, 7) is 3.33. The monoisotopic (exact) mass is 431 g/mol. The Labute approximate surface area is 176 Å². The average molecular weight is 432 g/mol. The standard InChI is InChI=1S/C22H26FN3O3S/c1-17-10-11-18-6-2-4-8-20(18)26(17)16-22(27)24-12-14-25(15-13-24)30(28,29)21-9-5-3-7-19(21)23/h2-9,17H,10-16H2,1H3/t17-/m0/s1. The molecule has 0 aromatic heterocycles. The van der Waals surface area contributed by atoms with Crippen molar-refractivity contribution in [2.45, 2.75) is 30.7 Å². The van der Waals surface area contributed by atoms with E-state index in [0.29, 0.717) is 13.1 Å². The van der Waals surface area contributed by atoms with E-state index in [1.807, 2.05) is 12.1 Å². The molecule has 2 aromatic rings. The number of amides is 1. The zero-order valence-corrected chi connectivity index (χ0v) is 17.8. The smallest absolute Gasteiger partial charge is 0.246 e. The highest BCUT2D eigenvalue weighted by molar-refractivity contribution is 7.89. The van der Waals surface area contributed by atoms with Gasteiger partial charge in [0.2, 0.25) is 15.9 Å². The molecule has 30 heavy (non-hydrogen) atoms. The molecule has 0 aliphatic carbocycles. The number of nitrogens with zero attached hydrogens (tertiary/aromatic N) is 3. The molecule has 6 nitrogen and oxygen atoms in total. The zero-order valence-electron chi connectivity index (χ0n) is 17.0. The van der Waals surface area contributed by atoms with Gasteiger partial charge in [0.15, 0.2) is 0 Å². The quantitative estimate of drug-likeness (QED) is 0.746. The van der Waals surface area contributed by atoms with Crippen molar-refractivity contribution in [2.24, 2.45) is 0 Å². The first-order valence-corrected chi connectivity index (χ1v) is 11.7. The van der Waals surface area contributed by atoms with Crippen LogP contribution in [0.4, 0.5) is 10.1 Å². The molecule has 2 heterocycles. The van der Waals surface area contributed by atoms with Crippen LogP contribution in [0, 0.1) is 5.82 Å². The molecular weight excluding hydrogens is 405 g/mol. The first-order chi connectivity index (χ1) is 14.4. The number of carbonyl (C=O) groups is 1. The van der Waals surface area contributed by atoms with Gasteiger partial charge in [-0.2, -0.15) is 4.31 Å². The number of hydrogen-bond donors (Lipinski definition) is 0. The second-order valence-electron chi connectivity index (χ2n) is 7.86. The lowest BCUT2D eigenvalue weighted by molar-refractivity contribution is -0.131. The number of sulfonamides is 1. The Morgan fingerprint density at radius 2 is 1.70 bits per heavy atom. The molecule has 0 spiro atoms. The van der Waals surface area contributed by atoms with E-state index in [1.165, 1.54) is 28.1 Å². The van der Waals surface area contributed by atoms with Crippen LogP contribution in [0.1, 0.15) is 18.9 Å². The number of halogens is 1. The molecule has 1 amide bonds. The van der Waals surface area contributed by atoms with Crippen molar-refractivity contribution in [3.63, 3.8) is 0 Å². The molecule has 0 N–H and O–H groups in total. The van der Waals surface area contributed by atoms with E-state index >= 15 is 0 Å². The molecule has 1 fully saturated rings. The zero-order chi connectivity index (χ0) is 21.3. The Balaban J connectivity index is 1.41. The summed E-state index contributed by atoms with van der Waals surface area (Å²) in [4.78, 5) is 16.5. The Morgan fingerprint density at radius 1 is 1.03 bits per heavy atom. The van der Waals surface area contributed by atoms with Crippen molar-refractivity contribution in [2.75, 3.05) is 37.6 Å². The topological polar surface area (TPSA) is 60.9 Å². The molecule has 160 valence electrons. The van der Waals surface area contributed by atoms with E-state index in [1.54, 1.807) is 4.90 Å². The summed E-state index contributed by atoms with van der Waals surface area (Å²) >= 11 is 0. The summed E-state index contributed by atoms with van der Waals surface area (Å²) in [5.74, 6) is -0.768. The van der Waals surface area contributed by atoms with Crippen LogP contribution in [-0.4, -0.2) is 62.3 Å². The van der Waals surface area contributed by atoms with Crippen molar-refractivity contribution >= 4 is 21.6 Å². The van der Waals surface area contributed by atoms with Crippen LogP contribution in [0.15, 0.2) is 53.4 Å². The molecular formula is C22H26FN3O3S. The maximum atomic E-state index is 14.0. The van der Waals surface area contributed by atoms with Crippen LogP contribution in [0.25, 0.3) is 0 Å². The minimum Gasteiger partial charge on any atom is -0.359 e. The Kier molecular flexibility index (Phi) is 5.79. The number of rotatable bonds is 4. The first kappa shape index (κ1) is 20.8. The molecule has 0 unspecified atom stereocenters. The third-order valence-electron chi connectivity index (χ3n) is 6.02. The molecule has 2 aromatic carbocycles. The maximum absolute atomic E-state index is 14.0. The lowest BCUT2D eigenvalue weighted by atomic mass is 9.96. The molecule has 0 saturated carbocycles. The molecule has 4 rings (SSSR count). The largest absolute Gasteiger partial charge is 0.359 e. The number of benzene rings is 2. The SMILES string of the molecule is C[C@H]1CCc2ccccc2N1CC(=O)N1CCN(S(=O)(=O)c2ccccc2F)CC1. The molecule has 1 atom stereocenters. The minimum atomic E-state index is -3.91. The fourth-order valence-corrected chi connectivity index (χ4v) is 5.70. The Morgan fingerprint density at radius 3 is 2.43 bits per heavy atom. The third kappa shape index (κ3) is 3.94. The Bertz CT molecular complexity index is 1040. The van der Waals surface area contributed by atoms with E-state index in [9.17, 15) is 17.6 Å². The van der Waals surface area contributed by atoms with Crippen molar-refractivity contribution in [1.82, 2.24) is 9.21 Å². The van der Waals surface area contributed by atoms with E-state index < -0.39 is 15.8 Å². The van der Waals surface area contributed by atoms with Crippen LogP contribution in [0.3, 0.4) is 0 Å². The van der Waals surface area contributed by atoms with Gasteiger partial charge in [-0.15, -0.1) is 0 Å². The lowest BCUT2D eigenvalue weighted by Crippen LogP contribution is -2.53. The molecule has 0 bridgehead atoms. The number of fused-ring (bicyclic) bond motifs is 1. The second kappa shape index (κ2) is 8.35. The number of para-hydroxylation sites is 1. The predicted molar refractivity (Wildman–Crippen MR) is 113 cm³/mol. The van der Waals surface area contributed by atoms with Crippen molar-refractivity contribution in [3.8, 4) is 0 Å². The van der Waals surface area contributed by atoms with E-state index in [2.05, 4.69) is 24.0 Å². The fourth-order valence-electron chi connectivity index (χ4n) is 4.22. The van der Waals surface area contributed by atoms with Gasteiger partial charge in [0.05, 0.1) is 6.54 Å². The molecule has 1 saturated heterocycles. The molecule has 0 radical (unpaired) electrons. The van der Waals surface area contributed by atoms with Gasteiger partial charge >= 0.3 is 0 Å². The predicted octanol–water partition coefficient (Wildman–Crippen LogP) is 2.50. The van der Waals surface area contributed by atoms with Gasteiger partial charge in [0.25, 0.3) is 0 Å². The molecule has 2 aliphatic heterocycles. The number of anilines is 1. The average Bonchev–Trinajstić information content (AvgIpc) is 2.76. The number of hydrogen-bond acceptors (Lipinski definition) is 4. The van der Waals surface area contributed by atoms with Crippen molar-refractivity contribution < 1.29 is 17.6 Å². The van der Waals surface area contributed by atoms with E-state index in [-0.39, 0.29) is 36.5 Å². The van der Waals surface area contributed by atoms with Gasteiger partial charge < -0.3 is 9.80 Å². The van der Waals surface area contributed by atoms with Crippen LogP contribution in [-0.2, 0) is 21.2 Å². The Hall–Kier alpha value is -2.45. The number of aryl methyl sites for hydroxylation is 1. The van der Waals surface area contributed by atoms with Gasteiger partial charge in [-0.1, -0.05) is 30.3 Å². The summed E-state index contributed by atoms with van der Waals surface area (Å²) in [7, 11) is -3.91. The van der Waals surface area contributed by atoms with Gasteiger partial charge in [-0.05, 0) is 43.5 Å². The van der Waals surface area contributed by atoms with Crippen LogP contribution >= 0.6 is 0 Å². The first-order valence-electron chi connectivity index (χ1n) is 10.2. The summed E-state index contributed by atoms with van der Waals surface area (Å²) < 4.78 is 40.8. The second-order valence-corrected chi connectivity index (χ2v) is 9.77. The highest BCUT2D eigenvalue weighted by Gasteiger charge is 2.33. The van der Waals surface area contributed by atoms with E-state index in [0.717, 1.165) is 24.6 Å². The van der Waals surface area contributed by atoms with Gasteiger partial charge in [-0.3, -0.25) is 4.79 Å².